The number of benzene rings is 1. The second-order valence-electron chi connectivity index (χ2n) is 9.69. The summed E-state index contributed by atoms with van der Waals surface area (Å²) in [4.78, 5) is 32.3. The molecule has 0 unspecified atom stereocenters. The fourth-order valence-corrected chi connectivity index (χ4v) is 5.43. The number of carbonyl (C=O) groups is 1. The Morgan fingerprint density at radius 1 is 1.03 bits per heavy atom. The van der Waals surface area contributed by atoms with Crippen molar-refractivity contribution in [3.63, 3.8) is 0 Å². The summed E-state index contributed by atoms with van der Waals surface area (Å²) in [6.07, 6.45) is 10.9. The summed E-state index contributed by atoms with van der Waals surface area (Å²) in [5, 5.41) is 3.31. The fourth-order valence-electron chi connectivity index (χ4n) is 5.43. The third kappa shape index (κ3) is 3.88. The van der Waals surface area contributed by atoms with Crippen LogP contribution in [0.5, 0.6) is 0 Å². The number of carbonyl (C=O) groups excluding carboxylic acids is 1. The van der Waals surface area contributed by atoms with Gasteiger partial charge in [0.25, 0.3) is 0 Å². The first-order valence-corrected chi connectivity index (χ1v) is 11.5. The van der Waals surface area contributed by atoms with Crippen molar-refractivity contribution in [2.75, 3.05) is 39.1 Å². The van der Waals surface area contributed by atoms with Crippen LogP contribution in [0.25, 0.3) is 5.57 Å². The third-order valence-electron chi connectivity index (χ3n) is 7.43. The van der Waals surface area contributed by atoms with E-state index in [0.29, 0.717) is 18.9 Å². The molecule has 33 heavy (non-hydrogen) atoms. The number of aliphatic imine (C=N–C) groups is 1. The lowest BCUT2D eigenvalue weighted by Crippen LogP contribution is -2.54. The summed E-state index contributed by atoms with van der Waals surface area (Å²) < 4.78 is 0. The van der Waals surface area contributed by atoms with Gasteiger partial charge in [-0.1, -0.05) is 30.3 Å². The van der Waals surface area contributed by atoms with E-state index in [-0.39, 0.29) is 17.1 Å². The van der Waals surface area contributed by atoms with Gasteiger partial charge in [0.05, 0.1) is 36.5 Å². The van der Waals surface area contributed by atoms with E-state index in [1.165, 1.54) is 5.56 Å². The van der Waals surface area contributed by atoms with Crippen molar-refractivity contribution in [1.82, 2.24) is 25.1 Å². The van der Waals surface area contributed by atoms with Crippen LogP contribution in [-0.2, 0) is 5.54 Å². The third-order valence-corrected chi connectivity index (χ3v) is 7.43. The van der Waals surface area contributed by atoms with Gasteiger partial charge in [0.1, 0.15) is 0 Å². The molecule has 2 aliphatic heterocycles. The van der Waals surface area contributed by atoms with Crippen LogP contribution < -0.4 is 10.2 Å². The molecule has 0 bridgehead atoms. The van der Waals surface area contributed by atoms with Crippen LogP contribution >= 0.6 is 0 Å². The molecule has 172 valence electrons. The highest BCUT2D eigenvalue weighted by atomic mass is 16.2. The first-order valence-electron chi connectivity index (χ1n) is 11.5. The maximum absolute atomic E-state index is 13.0. The van der Waals surface area contributed by atoms with E-state index in [9.17, 15) is 4.79 Å². The van der Waals surface area contributed by atoms with Crippen molar-refractivity contribution in [3.05, 3.63) is 60.3 Å². The summed E-state index contributed by atoms with van der Waals surface area (Å²) in [5.41, 5.74) is 2.82. The number of rotatable bonds is 4. The number of nitrogens with one attached hydrogen (secondary N) is 1. The Labute approximate surface area is 195 Å². The lowest BCUT2D eigenvalue weighted by Gasteiger charge is -2.48. The van der Waals surface area contributed by atoms with E-state index in [4.69, 9.17) is 0 Å². The van der Waals surface area contributed by atoms with Gasteiger partial charge in [-0.05, 0) is 45.3 Å². The Bertz CT molecular complexity index is 1070. The van der Waals surface area contributed by atoms with E-state index in [2.05, 4.69) is 69.6 Å². The van der Waals surface area contributed by atoms with Crippen molar-refractivity contribution in [2.45, 2.75) is 36.8 Å². The first kappa shape index (κ1) is 21.6. The van der Waals surface area contributed by atoms with Gasteiger partial charge in [0.15, 0.2) is 5.82 Å². The van der Waals surface area contributed by atoms with E-state index in [1.807, 2.05) is 11.9 Å². The second kappa shape index (κ2) is 8.26. The highest BCUT2D eigenvalue weighted by Gasteiger charge is 2.50. The zero-order valence-electron chi connectivity index (χ0n) is 19.5. The molecule has 1 saturated heterocycles. The Balaban J connectivity index is 1.31. The predicted molar refractivity (Wildman–Crippen MR) is 130 cm³/mol. The summed E-state index contributed by atoms with van der Waals surface area (Å²) in [6, 6.07) is 10.7. The minimum atomic E-state index is -0.215. The molecule has 3 aliphatic rings. The average molecular weight is 446 g/mol. The van der Waals surface area contributed by atoms with E-state index in [1.54, 1.807) is 29.8 Å². The Morgan fingerprint density at radius 3 is 2.36 bits per heavy atom. The second-order valence-corrected chi connectivity index (χ2v) is 9.69. The molecule has 8 nitrogen and oxygen atoms in total. The number of nitrogens with zero attached hydrogens (tertiary/aromatic N) is 6. The molecular weight excluding hydrogens is 414 g/mol. The van der Waals surface area contributed by atoms with Crippen LogP contribution in [0.2, 0.25) is 0 Å². The Hall–Kier alpha value is -3.26. The van der Waals surface area contributed by atoms with Crippen molar-refractivity contribution in [2.24, 2.45) is 4.99 Å². The molecule has 1 aliphatic carbocycles. The molecule has 1 spiro atoms. The molecule has 0 atom stereocenters. The largest absolute Gasteiger partial charge is 0.361 e. The molecular formula is C25H31N7O. The van der Waals surface area contributed by atoms with E-state index < -0.39 is 0 Å². The molecule has 1 aromatic heterocycles. The molecule has 1 aromatic carbocycles. The Morgan fingerprint density at radius 2 is 1.73 bits per heavy atom. The lowest BCUT2D eigenvalue weighted by atomic mass is 9.69. The minimum Gasteiger partial charge on any atom is -0.361 e. The van der Waals surface area contributed by atoms with Crippen molar-refractivity contribution in [3.8, 4) is 0 Å². The van der Waals surface area contributed by atoms with Gasteiger partial charge >= 0.3 is 6.03 Å². The number of urea groups is 1. The van der Waals surface area contributed by atoms with Gasteiger partial charge in [-0.2, -0.15) is 0 Å². The first-order chi connectivity index (χ1) is 15.9. The molecule has 2 amide bonds. The fraction of sp³-hybridized carbons (Fsp3) is 0.440. The van der Waals surface area contributed by atoms with Gasteiger partial charge in [-0.3, -0.25) is 9.80 Å². The van der Waals surface area contributed by atoms with Crippen molar-refractivity contribution < 1.29 is 4.79 Å². The van der Waals surface area contributed by atoms with Crippen LogP contribution in [0.3, 0.4) is 0 Å². The van der Waals surface area contributed by atoms with Gasteiger partial charge in [0, 0.05) is 30.9 Å². The zero-order valence-corrected chi connectivity index (χ0v) is 19.5. The SMILES string of the molecule is CN1C=NC=C(c2ncc(N3C[C@]4(CC[C@](c5ccccc5)(N(C)C)CC4)NC3=O)cn2)C1. The highest BCUT2D eigenvalue weighted by Crippen LogP contribution is 2.46. The molecule has 0 radical (unpaired) electrons. The van der Waals surface area contributed by atoms with Gasteiger partial charge in [0.2, 0.25) is 0 Å². The molecule has 2 fully saturated rings. The van der Waals surface area contributed by atoms with Gasteiger partial charge in [-0.15, -0.1) is 0 Å². The maximum Gasteiger partial charge on any atom is 0.322 e. The summed E-state index contributed by atoms with van der Waals surface area (Å²) in [5.74, 6) is 0.646. The minimum absolute atomic E-state index is 0.00121. The molecule has 1 N–H and O–H groups in total. The Kier molecular flexibility index (Phi) is 5.40. The molecule has 3 heterocycles. The number of amides is 2. The molecule has 5 rings (SSSR count). The van der Waals surface area contributed by atoms with E-state index in [0.717, 1.165) is 36.9 Å². The molecule has 8 heteroatoms. The van der Waals surface area contributed by atoms with Crippen molar-refractivity contribution in [1.29, 1.82) is 0 Å². The van der Waals surface area contributed by atoms with Crippen LogP contribution in [0.15, 0.2) is 53.9 Å². The topological polar surface area (TPSA) is 77.0 Å². The average Bonchev–Trinajstić information content (AvgIpc) is 3.16. The molecule has 2 aromatic rings. The quantitative estimate of drug-likeness (QED) is 0.783. The number of hydrogen-bond donors (Lipinski definition) is 1. The smallest absolute Gasteiger partial charge is 0.322 e. The standard InChI is InChI=1S/C25H31N7O/c1-30(2)25(20-7-5-4-6-8-20)11-9-24(10-12-25)17-32(23(33)29-24)21-14-27-22(28-15-21)19-13-26-18-31(3)16-19/h4-8,13-15,18H,9-12,16-17H2,1-3H3,(H,29,33)/t24-,25+. The predicted octanol–water partition coefficient (Wildman–Crippen LogP) is 3.09. The summed E-state index contributed by atoms with van der Waals surface area (Å²) >= 11 is 0. The molecule has 1 saturated carbocycles. The van der Waals surface area contributed by atoms with Crippen LogP contribution in [0.1, 0.15) is 37.1 Å². The van der Waals surface area contributed by atoms with Gasteiger partial charge < -0.3 is 10.2 Å². The zero-order chi connectivity index (χ0) is 23.1. The highest BCUT2D eigenvalue weighted by molar-refractivity contribution is 5.95. The normalized spacial score (nSPS) is 27.3. The number of aromatic nitrogens is 2. The number of likely N-dealkylation sites (N-methyl/N-ethyl adjacent to an activating group) is 1. The van der Waals surface area contributed by atoms with Crippen LogP contribution in [0.4, 0.5) is 10.5 Å². The lowest BCUT2D eigenvalue weighted by molar-refractivity contribution is 0.0658. The summed E-state index contributed by atoms with van der Waals surface area (Å²) in [6.45, 7) is 1.35. The monoisotopic (exact) mass is 445 g/mol. The number of anilines is 1. The van der Waals surface area contributed by atoms with Crippen LogP contribution in [0, 0.1) is 0 Å². The van der Waals surface area contributed by atoms with Crippen molar-refractivity contribution >= 4 is 23.6 Å². The van der Waals surface area contributed by atoms with Gasteiger partial charge in [-0.25, -0.2) is 19.8 Å². The maximum atomic E-state index is 13.0. The number of hydrogen-bond acceptors (Lipinski definition) is 6. The van der Waals surface area contributed by atoms with Crippen LogP contribution in [-0.4, -0.2) is 71.9 Å². The van der Waals surface area contributed by atoms with E-state index >= 15 is 0 Å². The summed E-state index contributed by atoms with van der Waals surface area (Å²) in [7, 11) is 6.29.